The van der Waals surface area contributed by atoms with Crippen LogP contribution in [0.1, 0.15) is 0 Å². The second kappa shape index (κ2) is 4.23. The fourth-order valence-electron chi connectivity index (χ4n) is 1.02. The van der Waals surface area contributed by atoms with Crippen molar-refractivity contribution < 1.29 is 0 Å². The average molecular weight is 186 g/mol. The van der Waals surface area contributed by atoms with Crippen LogP contribution in [0.25, 0.3) is 0 Å². The molecule has 70 valence electrons. The maximum atomic E-state index is 4.01. The van der Waals surface area contributed by atoms with Gasteiger partial charge in [0.05, 0.1) is 5.69 Å². The summed E-state index contributed by atoms with van der Waals surface area (Å²) in [6.07, 6.45) is 3.18. The molecule has 1 aromatic heterocycles. The lowest BCUT2D eigenvalue weighted by atomic mass is 10.3. The number of benzene rings is 1. The second-order valence-electron chi connectivity index (χ2n) is 2.71. The Hall–Kier alpha value is -2.10. The molecule has 0 spiro atoms. The summed E-state index contributed by atoms with van der Waals surface area (Å²) in [6.45, 7) is 0. The number of nitrogens with zero attached hydrogens (tertiary/aromatic N) is 2. The smallest absolute Gasteiger partial charge is 0.147 e. The minimum Gasteiger partial charge on any atom is -0.300 e. The van der Waals surface area contributed by atoms with Gasteiger partial charge in [0.15, 0.2) is 0 Å². The van der Waals surface area contributed by atoms with E-state index in [1.54, 1.807) is 12.3 Å². The van der Waals surface area contributed by atoms with Gasteiger partial charge in [-0.15, -0.1) is 0 Å². The molecule has 0 bridgehead atoms. The standard InChI is InChI=1S/C10H10N4/c1-2-4-9(5-3-1)13-14-10-6-7-11-8-12-10/h1-8,13H,(H,11,12,14). The largest absolute Gasteiger partial charge is 0.300 e. The molecule has 0 radical (unpaired) electrons. The van der Waals surface area contributed by atoms with Gasteiger partial charge in [-0.25, -0.2) is 9.97 Å². The molecule has 2 N–H and O–H groups in total. The zero-order chi connectivity index (χ0) is 9.64. The molecule has 0 aliphatic rings. The fraction of sp³-hybridized carbons (Fsp3) is 0. The van der Waals surface area contributed by atoms with Crippen molar-refractivity contribution >= 4 is 11.5 Å². The monoisotopic (exact) mass is 186 g/mol. The summed E-state index contributed by atoms with van der Waals surface area (Å²) in [7, 11) is 0. The molecule has 1 aromatic carbocycles. The number of para-hydroxylation sites is 1. The fourth-order valence-corrected chi connectivity index (χ4v) is 1.02. The summed E-state index contributed by atoms with van der Waals surface area (Å²) < 4.78 is 0. The van der Waals surface area contributed by atoms with Crippen LogP contribution in [-0.2, 0) is 0 Å². The number of anilines is 2. The van der Waals surface area contributed by atoms with E-state index in [9.17, 15) is 0 Å². The Bertz CT molecular complexity index is 334. The zero-order valence-electron chi connectivity index (χ0n) is 7.51. The maximum absolute atomic E-state index is 4.01. The van der Waals surface area contributed by atoms with E-state index in [0.717, 1.165) is 11.5 Å². The van der Waals surface area contributed by atoms with Crippen LogP contribution in [0, 0.1) is 0 Å². The summed E-state index contributed by atoms with van der Waals surface area (Å²) >= 11 is 0. The topological polar surface area (TPSA) is 49.8 Å². The van der Waals surface area contributed by atoms with Gasteiger partial charge in [-0.1, -0.05) is 18.2 Å². The van der Waals surface area contributed by atoms with Gasteiger partial charge in [0.1, 0.15) is 12.1 Å². The highest BCUT2D eigenvalue weighted by Gasteiger charge is 1.90. The first-order chi connectivity index (χ1) is 6.95. The lowest BCUT2D eigenvalue weighted by Gasteiger charge is -2.07. The molecule has 0 saturated heterocycles. The number of hydrazine groups is 1. The third-order valence-corrected chi connectivity index (χ3v) is 1.69. The Morgan fingerprint density at radius 2 is 1.79 bits per heavy atom. The van der Waals surface area contributed by atoms with Crippen LogP contribution in [0.15, 0.2) is 48.9 Å². The van der Waals surface area contributed by atoms with E-state index in [-0.39, 0.29) is 0 Å². The SMILES string of the molecule is c1ccc(NNc2ccncn2)cc1. The van der Waals surface area contributed by atoms with Gasteiger partial charge >= 0.3 is 0 Å². The van der Waals surface area contributed by atoms with E-state index in [2.05, 4.69) is 20.8 Å². The highest BCUT2D eigenvalue weighted by Crippen LogP contribution is 2.05. The number of aromatic nitrogens is 2. The second-order valence-corrected chi connectivity index (χ2v) is 2.71. The summed E-state index contributed by atoms with van der Waals surface area (Å²) in [5.74, 6) is 0.740. The first-order valence-electron chi connectivity index (χ1n) is 4.28. The molecule has 4 heteroatoms. The van der Waals surface area contributed by atoms with Gasteiger partial charge in [-0.2, -0.15) is 0 Å². The van der Waals surface area contributed by atoms with Crippen molar-refractivity contribution in [2.45, 2.75) is 0 Å². The minimum atomic E-state index is 0.740. The Morgan fingerprint density at radius 3 is 2.50 bits per heavy atom. The maximum Gasteiger partial charge on any atom is 0.147 e. The molecule has 0 saturated carbocycles. The van der Waals surface area contributed by atoms with E-state index in [0.29, 0.717) is 0 Å². The Morgan fingerprint density at radius 1 is 0.929 bits per heavy atom. The van der Waals surface area contributed by atoms with Crippen LogP contribution in [-0.4, -0.2) is 9.97 Å². The average Bonchev–Trinajstić information content (AvgIpc) is 2.29. The summed E-state index contributed by atoms with van der Waals surface area (Å²) in [4.78, 5) is 7.83. The summed E-state index contributed by atoms with van der Waals surface area (Å²) in [5.41, 5.74) is 6.97. The highest BCUT2D eigenvalue weighted by atomic mass is 15.4. The molecule has 2 rings (SSSR count). The van der Waals surface area contributed by atoms with Crippen molar-refractivity contribution in [2.24, 2.45) is 0 Å². The van der Waals surface area contributed by atoms with Crippen LogP contribution >= 0.6 is 0 Å². The van der Waals surface area contributed by atoms with Gasteiger partial charge in [-0.05, 0) is 12.1 Å². The first-order valence-corrected chi connectivity index (χ1v) is 4.28. The number of hydrogen-bond acceptors (Lipinski definition) is 4. The highest BCUT2D eigenvalue weighted by molar-refractivity contribution is 5.48. The van der Waals surface area contributed by atoms with E-state index in [1.165, 1.54) is 6.33 Å². The number of rotatable bonds is 3. The van der Waals surface area contributed by atoms with E-state index in [4.69, 9.17) is 0 Å². The van der Waals surface area contributed by atoms with Crippen molar-refractivity contribution in [2.75, 3.05) is 10.9 Å². The Kier molecular flexibility index (Phi) is 2.56. The number of nitrogens with one attached hydrogen (secondary N) is 2. The third-order valence-electron chi connectivity index (χ3n) is 1.69. The molecule has 4 nitrogen and oxygen atoms in total. The van der Waals surface area contributed by atoms with Gasteiger partial charge in [0, 0.05) is 12.3 Å². The van der Waals surface area contributed by atoms with Crippen molar-refractivity contribution in [3.8, 4) is 0 Å². The lowest BCUT2D eigenvalue weighted by Crippen LogP contribution is -2.09. The van der Waals surface area contributed by atoms with Crippen LogP contribution < -0.4 is 10.9 Å². The molecule has 1 heterocycles. The molecule has 0 unspecified atom stereocenters. The van der Waals surface area contributed by atoms with Gasteiger partial charge in [-0.3, -0.25) is 10.9 Å². The Labute approximate surface area is 82.0 Å². The lowest BCUT2D eigenvalue weighted by molar-refractivity contribution is 1.15. The molecule has 0 amide bonds. The molecule has 2 aromatic rings. The van der Waals surface area contributed by atoms with Gasteiger partial charge < -0.3 is 0 Å². The predicted molar refractivity (Wildman–Crippen MR) is 55.7 cm³/mol. The van der Waals surface area contributed by atoms with Crippen LogP contribution in [0.2, 0.25) is 0 Å². The van der Waals surface area contributed by atoms with E-state index >= 15 is 0 Å². The first kappa shape index (κ1) is 8.50. The van der Waals surface area contributed by atoms with Crippen molar-refractivity contribution in [3.05, 3.63) is 48.9 Å². The van der Waals surface area contributed by atoms with Crippen molar-refractivity contribution in [1.82, 2.24) is 9.97 Å². The zero-order valence-corrected chi connectivity index (χ0v) is 7.51. The third kappa shape index (κ3) is 2.20. The van der Waals surface area contributed by atoms with Crippen LogP contribution in [0.4, 0.5) is 11.5 Å². The predicted octanol–water partition coefficient (Wildman–Crippen LogP) is 1.92. The molecular formula is C10H10N4. The summed E-state index contributed by atoms with van der Waals surface area (Å²) in [5, 5.41) is 0. The quantitative estimate of drug-likeness (QED) is 0.719. The minimum absolute atomic E-state index is 0.740. The van der Waals surface area contributed by atoms with E-state index < -0.39 is 0 Å². The van der Waals surface area contributed by atoms with Gasteiger partial charge in [0.25, 0.3) is 0 Å². The molecule has 14 heavy (non-hydrogen) atoms. The van der Waals surface area contributed by atoms with Crippen molar-refractivity contribution in [3.63, 3.8) is 0 Å². The molecular weight excluding hydrogens is 176 g/mol. The molecule has 0 fully saturated rings. The van der Waals surface area contributed by atoms with Crippen molar-refractivity contribution in [1.29, 1.82) is 0 Å². The molecule has 0 atom stereocenters. The van der Waals surface area contributed by atoms with E-state index in [1.807, 2.05) is 30.3 Å². The Balaban J connectivity index is 1.96. The number of hydrogen-bond donors (Lipinski definition) is 2. The normalized spacial score (nSPS) is 9.43. The van der Waals surface area contributed by atoms with Crippen LogP contribution in [0.5, 0.6) is 0 Å². The van der Waals surface area contributed by atoms with Gasteiger partial charge in [0.2, 0.25) is 0 Å². The van der Waals surface area contributed by atoms with Crippen LogP contribution in [0.3, 0.4) is 0 Å². The molecule has 0 aliphatic carbocycles. The molecule has 0 aliphatic heterocycles. The summed E-state index contributed by atoms with van der Waals surface area (Å²) in [6, 6.07) is 11.6.